The molecule has 0 atom stereocenters. The topological polar surface area (TPSA) is 161 Å². The van der Waals surface area contributed by atoms with Crippen LogP contribution in [0.3, 0.4) is 0 Å². The molecule has 6 nitrogen and oxygen atoms in total. The molecule has 102 valence electrons. The number of quaternary nitrogens is 3. The first-order valence-electron chi connectivity index (χ1n) is 2.92. The van der Waals surface area contributed by atoms with E-state index in [0.717, 1.165) is 0 Å². The van der Waals surface area contributed by atoms with E-state index in [0.29, 0.717) is 0 Å². The maximum atomic E-state index is 4.94. The molecule has 0 radical (unpaired) electrons. The third-order valence-corrected chi connectivity index (χ3v) is 0. The molecule has 0 spiro atoms. The minimum absolute atomic E-state index is 0.250. The van der Waals surface area contributed by atoms with E-state index in [1.807, 2.05) is 0 Å². The van der Waals surface area contributed by atoms with Crippen molar-refractivity contribution in [1.29, 1.82) is 0 Å². The SMILES string of the molecule is NC([NH3+])=S.NC([NH3+])=S.NC([NH3+])=S.[Cl][Rh]([Cl])[Cl]. The van der Waals surface area contributed by atoms with Crippen molar-refractivity contribution < 1.29 is 30.2 Å². The number of thiocarbonyl (C=S) groups is 3. The van der Waals surface area contributed by atoms with Crippen LogP contribution in [0, 0.1) is 0 Å². The maximum absolute atomic E-state index is 4.94. The Morgan fingerprint density at radius 1 is 0.750 bits per heavy atom. The molecule has 0 amide bonds. The molecule has 15 N–H and O–H groups in total. The van der Waals surface area contributed by atoms with Crippen molar-refractivity contribution >= 4 is 81.1 Å². The molecule has 0 saturated carbocycles. The number of halogens is 3. The second-order valence-corrected chi connectivity index (χ2v) is 10.6. The molecule has 0 saturated heterocycles. The van der Waals surface area contributed by atoms with Gasteiger partial charge in [-0.2, -0.15) is 0 Å². The van der Waals surface area contributed by atoms with Crippen molar-refractivity contribution in [2.24, 2.45) is 17.2 Å². The van der Waals surface area contributed by atoms with Gasteiger partial charge >= 0.3 is 42.1 Å². The standard InChI is InChI=1S/3CH4N2S.3ClH.Rh/c3*2-1(3)4;;;;/h3*(H4,2,3,4);3*1H;/q;;;;;;+3. The molecule has 0 heterocycles. The molecule has 0 aromatic heterocycles. The molecule has 0 rings (SSSR count). The van der Waals surface area contributed by atoms with Crippen LogP contribution < -0.4 is 34.4 Å². The van der Waals surface area contributed by atoms with Gasteiger partial charge in [0.05, 0.1) is 0 Å². The Morgan fingerprint density at radius 2 is 0.750 bits per heavy atom. The molecule has 0 aliphatic rings. The summed E-state index contributed by atoms with van der Waals surface area (Å²) in [5, 5.41) is 0.750. The number of hydrogen-bond acceptors (Lipinski definition) is 3. The summed E-state index contributed by atoms with van der Waals surface area (Å²) in [7, 11) is 14.8. The normalized spacial score (nSPS) is 7.50. The molecular formula is C3H15Cl3N6RhS3+3. The van der Waals surface area contributed by atoms with Gasteiger partial charge in [0.2, 0.25) is 0 Å². The van der Waals surface area contributed by atoms with Crippen LogP contribution in [0.5, 0.6) is 0 Å². The van der Waals surface area contributed by atoms with Gasteiger partial charge in [-0.05, 0) is 0 Å². The predicted octanol–water partition coefficient (Wildman–Crippen LogP) is -2.52. The van der Waals surface area contributed by atoms with Crippen molar-refractivity contribution in [1.82, 2.24) is 0 Å². The average Bonchev–Trinajstić information content (AvgIpc) is 1.76. The van der Waals surface area contributed by atoms with Gasteiger partial charge in [-0.1, -0.05) is 0 Å². The number of hydrogen-bond donors (Lipinski definition) is 6. The van der Waals surface area contributed by atoms with E-state index in [1.54, 1.807) is 0 Å². The van der Waals surface area contributed by atoms with Gasteiger partial charge in [0.25, 0.3) is 15.3 Å². The van der Waals surface area contributed by atoms with Crippen LogP contribution in [0.4, 0.5) is 0 Å². The van der Waals surface area contributed by atoms with Gasteiger partial charge in [-0.15, -0.1) is 0 Å². The summed E-state index contributed by atoms with van der Waals surface area (Å²) in [5.74, 6) is 0. The van der Waals surface area contributed by atoms with E-state index in [9.17, 15) is 0 Å². The summed E-state index contributed by atoms with van der Waals surface area (Å²) in [4.78, 5) is 0. The van der Waals surface area contributed by atoms with E-state index in [4.69, 9.17) is 46.3 Å². The Kier molecular flexibility index (Phi) is 34.4. The van der Waals surface area contributed by atoms with Gasteiger partial charge in [0.1, 0.15) is 0 Å². The molecule has 0 aromatic rings. The first-order valence-corrected chi connectivity index (χ1v) is 10.5. The fourth-order valence-electron chi connectivity index (χ4n) is 0. The molecule has 13 heteroatoms. The second kappa shape index (κ2) is 21.3. The summed E-state index contributed by atoms with van der Waals surface area (Å²) in [6, 6.07) is 0. The van der Waals surface area contributed by atoms with E-state index < -0.39 is 13.0 Å². The van der Waals surface area contributed by atoms with Gasteiger partial charge in [0, 0.05) is 36.7 Å². The van der Waals surface area contributed by atoms with E-state index in [2.05, 4.69) is 53.9 Å². The summed E-state index contributed by atoms with van der Waals surface area (Å²) < 4.78 is 0. The average molecular weight is 441 g/mol. The Bertz CT molecular complexity index is 161. The Hall–Kier alpha value is 1.04. The van der Waals surface area contributed by atoms with Gasteiger partial charge < -0.3 is 34.4 Å². The quantitative estimate of drug-likeness (QED) is 0.180. The molecule has 0 bridgehead atoms. The molecule has 0 fully saturated rings. The summed E-state index contributed by atoms with van der Waals surface area (Å²) in [5.41, 5.74) is 23.6. The fraction of sp³-hybridized carbons (Fsp3) is 0. The molecule has 0 unspecified atom stereocenters. The summed E-state index contributed by atoms with van der Waals surface area (Å²) in [6.07, 6.45) is 0. The zero-order valence-electron chi connectivity index (χ0n) is 8.05. The third kappa shape index (κ3) is 2730. The molecular weight excluding hydrogens is 426 g/mol. The van der Waals surface area contributed by atoms with Gasteiger partial charge in [0.15, 0.2) is 0 Å². The first kappa shape index (κ1) is 25.8. The first-order chi connectivity index (χ1) is 6.93. The van der Waals surface area contributed by atoms with Crippen LogP contribution >= 0.6 is 65.7 Å². The Balaban J connectivity index is -0.0000000600. The van der Waals surface area contributed by atoms with E-state index in [1.165, 1.54) is 0 Å². The number of nitrogens with two attached hydrogens (primary N) is 3. The Morgan fingerprint density at radius 3 is 0.750 bits per heavy atom. The molecule has 0 aliphatic heterocycles. The molecule has 0 aliphatic carbocycles. The van der Waals surface area contributed by atoms with Crippen molar-refractivity contribution in [2.75, 3.05) is 0 Å². The fourth-order valence-corrected chi connectivity index (χ4v) is 0. The van der Waals surface area contributed by atoms with Crippen molar-refractivity contribution in [3.63, 3.8) is 0 Å². The molecule has 0 aromatic carbocycles. The predicted molar refractivity (Wildman–Crippen MR) is 76.6 cm³/mol. The third-order valence-electron chi connectivity index (χ3n) is 0. The van der Waals surface area contributed by atoms with Crippen LogP contribution in [0.1, 0.15) is 0 Å². The van der Waals surface area contributed by atoms with E-state index in [-0.39, 0.29) is 15.3 Å². The van der Waals surface area contributed by atoms with E-state index >= 15 is 0 Å². The summed E-state index contributed by atoms with van der Waals surface area (Å²) >= 11 is 11.0. The van der Waals surface area contributed by atoms with Crippen molar-refractivity contribution in [3.8, 4) is 0 Å². The second-order valence-electron chi connectivity index (χ2n) is 1.54. The zero-order valence-corrected chi connectivity index (χ0v) is 14.4. The minimum atomic E-state index is -1.66. The number of rotatable bonds is 0. The summed E-state index contributed by atoms with van der Waals surface area (Å²) in [6.45, 7) is 0. The van der Waals surface area contributed by atoms with Crippen LogP contribution in [0.15, 0.2) is 0 Å². The van der Waals surface area contributed by atoms with Gasteiger partial charge in [-0.3, -0.25) is 0 Å². The zero-order chi connectivity index (χ0) is 14.3. The van der Waals surface area contributed by atoms with Gasteiger partial charge in [-0.25, -0.2) is 0 Å². The molecule has 16 heavy (non-hydrogen) atoms. The monoisotopic (exact) mass is 439 g/mol. The van der Waals surface area contributed by atoms with Crippen molar-refractivity contribution in [3.05, 3.63) is 0 Å². The Labute approximate surface area is 127 Å². The van der Waals surface area contributed by atoms with Crippen LogP contribution in [0.2, 0.25) is 0 Å². The van der Waals surface area contributed by atoms with Crippen LogP contribution in [-0.2, 0) is 13.0 Å². The van der Waals surface area contributed by atoms with Crippen LogP contribution in [-0.4, -0.2) is 15.3 Å². The van der Waals surface area contributed by atoms with Crippen molar-refractivity contribution in [2.45, 2.75) is 0 Å². The van der Waals surface area contributed by atoms with Crippen LogP contribution in [0.25, 0.3) is 0 Å².